The van der Waals surface area contributed by atoms with Crippen molar-refractivity contribution in [2.75, 3.05) is 20.8 Å². The van der Waals surface area contributed by atoms with Crippen LogP contribution in [0.4, 0.5) is 0 Å². The summed E-state index contributed by atoms with van der Waals surface area (Å²) in [5, 5.41) is 41.0. The van der Waals surface area contributed by atoms with Gasteiger partial charge in [0.2, 0.25) is 5.79 Å². The van der Waals surface area contributed by atoms with Gasteiger partial charge in [0.05, 0.1) is 13.7 Å². The van der Waals surface area contributed by atoms with Gasteiger partial charge < -0.3 is 34.6 Å². The summed E-state index contributed by atoms with van der Waals surface area (Å²) in [6.45, 7) is -0.553. The Balaban J connectivity index is 1.97. The van der Waals surface area contributed by atoms with Crippen LogP contribution in [-0.2, 0) is 21.7 Å². The van der Waals surface area contributed by atoms with E-state index in [1.807, 2.05) is 24.3 Å². The number of hydrogen-bond acceptors (Lipinski definition) is 7. The third-order valence-electron chi connectivity index (χ3n) is 5.26. The fourth-order valence-electron chi connectivity index (χ4n) is 3.56. The number of aliphatic hydroxyl groups is 4. The molecule has 5 atom stereocenters. The van der Waals surface area contributed by atoms with Crippen LogP contribution in [0.25, 0.3) is 0 Å². The Morgan fingerprint density at radius 3 is 2.31 bits per heavy atom. The lowest BCUT2D eigenvalue weighted by atomic mass is 9.87. The summed E-state index contributed by atoms with van der Waals surface area (Å²) in [4.78, 5) is 0. The molecule has 2 aromatic carbocycles. The van der Waals surface area contributed by atoms with Crippen LogP contribution in [0.15, 0.2) is 42.5 Å². The number of benzene rings is 2. The van der Waals surface area contributed by atoms with Crippen LogP contribution >= 0.6 is 11.6 Å². The van der Waals surface area contributed by atoms with Crippen LogP contribution < -0.4 is 4.74 Å². The molecule has 1 saturated heterocycles. The van der Waals surface area contributed by atoms with Gasteiger partial charge >= 0.3 is 0 Å². The normalized spacial score (nSPS) is 29.6. The number of hydrogen-bond donors (Lipinski definition) is 4. The summed E-state index contributed by atoms with van der Waals surface area (Å²) in [6, 6.07) is 12.5. The fraction of sp³-hybridized carbons (Fsp3) is 0.429. The van der Waals surface area contributed by atoms with Gasteiger partial charge in [-0.15, -0.1) is 0 Å². The molecule has 3 rings (SSSR count). The first-order valence-electron chi connectivity index (χ1n) is 9.16. The largest absolute Gasteiger partial charge is 0.497 e. The van der Waals surface area contributed by atoms with Crippen molar-refractivity contribution in [2.24, 2.45) is 0 Å². The van der Waals surface area contributed by atoms with Crippen molar-refractivity contribution in [3.63, 3.8) is 0 Å². The Morgan fingerprint density at radius 1 is 1.03 bits per heavy atom. The zero-order valence-electron chi connectivity index (χ0n) is 16.2. The summed E-state index contributed by atoms with van der Waals surface area (Å²) in [6.07, 6.45) is -5.23. The van der Waals surface area contributed by atoms with Crippen LogP contribution in [-0.4, -0.2) is 65.7 Å². The Hall–Kier alpha value is -1.71. The molecule has 0 aromatic heterocycles. The highest BCUT2D eigenvalue weighted by Gasteiger charge is 2.55. The Morgan fingerprint density at radius 2 is 1.72 bits per heavy atom. The average Bonchev–Trinajstić information content (AvgIpc) is 2.75. The molecule has 1 unspecified atom stereocenters. The third-order valence-corrected chi connectivity index (χ3v) is 5.62. The van der Waals surface area contributed by atoms with E-state index in [4.69, 9.17) is 25.8 Å². The van der Waals surface area contributed by atoms with E-state index in [1.165, 1.54) is 7.11 Å². The molecule has 0 amide bonds. The third kappa shape index (κ3) is 4.13. The molecule has 29 heavy (non-hydrogen) atoms. The molecular weight excluding hydrogens is 400 g/mol. The number of halogens is 1. The van der Waals surface area contributed by atoms with E-state index < -0.39 is 36.8 Å². The second-order valence-corrected chi connectivity index (χ2v) is 7.37. The van der Waals surface area contributed by atoms with E-state index in [-0.39, 0.29) is 0 Å². The number of aliphatic hydroxyl groups excluding tert-OH is 4. The quantitative estimate of drug-likeness (QED) is 0.552. The molecule has 8 heteroatoms. The van der Waals surface area contributed by atoms with E-state index in [9.17, 15) is 20.4 Å². The Bertz CT molecular complexity index is 826. The van der Waals surface area contributed by atoms with E-state index in [0.717, 1.165) is 16.9 Å². The minimum Gasteiger partial charge on any atom is -0.497 e. The van der Waals surface area contributed by atoms with Crippen molar-refractivity contribution in [3.05, 3.63) is 64.2 Å². The SMILES string of the molecule is COc1ccc(Cc2cc(C3(OC)O[C@H](CO)[C@@H](O)[C@H](O)[C@H]3O)ccc2Cl)cc1. The maximum atomic E-state index is 10.6. The Kier molecular flexibility index (Phi) is 6.80. The summed E-state index contributed by atoms with van der Waals surface area (Å²) < 4.78 is 16.4. The molecule has 1 heterocycles. The van der Waals surface area contributed by atoms with E-state index in [2.05, 4.69) is 0 Å². The second kappa shape index (κ2) is 8.97. The van der Waals surface area contributed by atoms with Crippen LogP contribution in [0.1, 0.15) is 16.7 Å². The predicted molar refractivity (Wildman–Crippen MR) is 106 cm³/mol. The van der Waals surface area contributed by atoms with Crippen molar-refractivity contribution in [1.82, 2.24) is 0 Å². The van der Waals surface area contributed by atoms with Crippen LogP contribution in [0.5, 0.6) is 5.75 Å². The smallest absolute Gasteiger partial charge is 0.224 e. The molecular formula is C21H25ClO7. The lowest BCUT2D eigenvalue weighted by molar-refractivity contribution is -0.366. The zero-order chi connectivity index (χ0) is 21.2. The van der Waals surface area contributed by atoms with Crippen LogP contribution in [0.3, 0.4) is 0 Å². The number of methoxy groups -OCH3 is 2. The highest BCUT2D eigenvalue weighted by molar-refractivity contribution is 6.31. The first-order chi connectivity index (χ1) is 13.9. The van der Waals surface area contributed by atoms with Crippen molar-refractivity contribution in [1.29, 1.82) is 0 Å². The van der Waals surface area contributed by atoms with Crippen LogP contribution in [0, 0.1) is 0 Å². The highest BCUT2D eigenvalue weighted by Crippen LogP contribution is 2.40. The van der Waals surface area contributed by atoms with Gasteiger partial charge in [-0.05, 0) is 41.8 Å². The topological polar surface area (TPSA) is 109 Å². The maximum Gasteiger partial charge on any atom is 0.224 e. The average molecular weight is 425 g/mol. The van der Waals surface area contributed by atoms with Gasteiger partial charge in [0.25, 0.3) is 0 Å². The van der Waals surface area contributed by atoms with Gasteiger partial charge in [0.15, 0.2) is 0 Å². The van der Waals surface area contributed by atoms with Gasteiger partial charge in [-0.3, -0.25) is 0 Å². The lowest BCUT2D eigenvalue weighted by Crippen LogP contribution is -2.64. The van der Waals surface area contributed by atoms with E-state index in [0.29, 0.717) is 17.0 Å². The first kappa shape index (κ1) is 22.0. The first-order valence-corrected chi connectivity index (χ1v) is 9.54. The maximum absolute atomic E-state index is 10.6. The van der Waals surface area contributed by atoms with Crippen molar-refractivity contribution in [2.45, 2.75) is 36.6 Å². The lowest BCUT2D eigenvalue weighted by Gasteiger charge is -2.47. The number of rotatable bonds is 6. The molecule has 1 aliphatic rings. The highest BCUT2D eigenvalue weighted by atomic mass is 35.5. The van der Waals surface area contributed by atoms with Gasteiger partial charge in [0.1, 0.15) is 30.2 Å². The van der Waals surface area contributed by atoms with Crippen molar-refractivity contribution < 1.29 is 34.6 Å². The standard InChI is InChI=1S/C21H25ClO7/c1-27-15-6-3-12(4-7-15)9-13-10-14(5-8-16(13)22)21(28-2)20(26)19(25)18(24)17(11-23)29-21/h3-8,10,17-20,23-26H,9,11H2,1-2H3/t17-,18-,19+,20-,21?/m1/s1. The molecule has 1 fully saturated rings. The monoisotopic (exact) mass is 424 g/mol. The van der Waals surface area contributed by atoms with Gasteiger partial charge in [0, 0.05) is 17.7 Å². The molecule has 0 spiro atoms. The van der Waals surface area contributed by atoms with E-state index in [1.54, 1.807) is 25.3 Å². The van der Waals surface area contributed by atoms with Gasteiger partial charge in [-0.25, -0.2) is 0 Å². The van der Waals surface area contributed by atoms with Crippen molar-refractivity contribution >= 4 is 11.6 Å². The number of ether oxygens (including phenoxy) is 3. The van der Waals surface area contributed by atoms with Crippen LogP contribution in [0.2, 0.25) is 5.02 Å². The molecule has 4 N–H and O–H groups in total. The van der Waals surface area contributed by atoms with E-state index >= 15 is 0 Å². The summed E-state index contributed by atoms with van der Waals surface area (Å²) >= 11 is 6.38. The Labute approximate surface area is 174 Å². The molecule has 0 saturated carbocycles. The molecule has 0 radical (unpaired) electrons. The second-order valence-electron chi connectivity index (χ2n) is 6.97. The van der Waals surface area contributed by atoms with Crippen molar-refractivity contribution in [3.8, 4) is 5.75 Å². The molecule has 1 aliphatic heterocycles. The predicted octanol–water partition coefficient (Wildman–Crippen LogP) is 1.21. The van der Waals surface area contributed by atoms with Gasteiger partial charge in [-0.1, -0.05) is 29.8 Å². The summed E-state index contributed by atoms with van der Waals surface area (Å²) in [7, 11) is 2.92. The molecule has 0 bridgehead atoms. The molecule has 158 valence electrons. The summed E-state index contributed by atoms with van der Waals surface area (Å²) in [5.74, 6) is -1.03. The molecule has 2 aromatic rings. The molecule has 0 aliphatic carbocycles. The molecule has 7 nitrogen and oxygen atoms in total. The summed E-state index contributed by atoms with van der Waals surface area (Å²) in [5.41, 5.74) is 2.15. The van der Waals surface area contributed by atoms with Gasteiger partial charge in [-0.2, -0.15) is 0 Å². The minimum atomic E-state index is -1.77. The minimum absolute atomic E-state index is 0.407. The zero-order valence-corrected chi connectivity index (χ0v) is 16.9. The fourth-order valence-corrected chi connectivity index (χ4v) is 3.74.